The van der Waals surface area contributed by atoms with Crippen LogP contribution in [0.2, 0.25) is 0 Å². The molecule has 0 heterocycles. The monoisotopic (exact) mass is 633 g/mol. The number of anilines is 2. The first-order chi connectivity index (χ1) is 22.1. The predicted molar refractivity (Wildman–Crippen MR) is 177 cm³/mol. The molecule has 12 heteroatoms. The van der Waals surface area contributed by atoms with E-state index in [2.05, 4.69) is 5.32 Å². The zero-order valence-electron chi connectivity index (χ0n) is 26.8. The van der Waals surface area contributed by atoms with Crippen LogP contribution in [-0.4, -0.2) is 69.6 Å². The first-order valence-corrected chi connectivity index (χ1v) is 15.1. The normalized spacial score (nSPS) is 10.5. The van der Waals surface area contributed by atoms with Crippen molar-refractivity contribution in [3.05, 3.63) is 77.4 Å². The maximum atomic E-state index is 13.6. The fraction of sp³-hybridized carbons (Fsp3) is 0.353. The average molecular weight is 634 g/mol. The number of amides is 5. The third kappa shape index (κ3) is 9.70. The first kappa shape index (κ1) is 35.4. The molecule has 3 aromatic rings. The summed E-state index contributed by atoms with van der Waals surface area (Å²) in [6.07, 6.45) is 2.85. The molecule has 0 bridgehead atoms. The van der Waals surface area contributed by atoms with Gasteiger partial charge in [0.2, 0.25) is 5.91 Å². The number of imide groups is 1. The summed E-state index contributed by atoms with van der Waals surface area (Å²) in [6.45, 7) is 3.18. The molecular weight excluding hydrogens is 590 g/mol. The lowest BCUT2D eigenvalue weighted by Gasteiger charge is -2.22. The van der Waals surface area contributed by atoms with Gasteiger partial charge < -0.3 is 35.9 Å². The first-order valence-electron chi connectivity index (χ1n) is 15.1. The van der Waals surface area contributed by atoms with Gasteiger partial charge in [0.15, 0.2) is 0 Å². The minimum Gasteiger partial charge on any atom is -0.495 e. The summed E-state index contributed by atoms with van der Waals surface area (Å²) in [5, 5.41) is 2.85. The number of hydrogen-bond donors (Lipinski definition) is 3. The van der Waals surface area contributed by atoms with Gasteiger partial charge in [0.05, 0.1) is 37.3 Å². The molecule has 12 nitrogen and oxygen atoms in total. The highest BCUT2D eigenvalue weighted by molar-refractivity contribution is 6.09. The Labute approximate surface area is 269 Å². The van der Waals surface area contributed by atoms with Crippen LogP contribution in [0.1, 0.15) is 58.4 Å². The zero-order valence-corrected chi connectivity index (χ0v) is 26.8. The van der Waals surface area contributed by atoms with E-state index in [0.717, 1.165) is 10.5 Å². The molecule has 0 spiro atoms. The second kappa shape index (κ2) is 17.4. The molecule has 3 aromatic carbocycles. The lowest BCUT2D eigenvalue weighted by molar-refractivity contribution is -0.127. The van der Waals surface area contributed by atoms with E-state index in [4.69, 9.17) is 25.7 Å². The van der Waals surface area contributed by atoms with Crippen LogP contribution < -0.4 is 35.9 Å². The quantitative estimate of drug-likeness (QED) is 0.190. The number of unbranched alkanes of at least 4 members (excludes halogenated alkanes) is 2. The number of hydrogen-bond acceptors (Lipinski definition) is 8. The van der Waals surface area contributed by atoms with E-state index in [1.165, 1.54) is 19.1 Å². The van der Waals surface area contributed by atoms with E-state index in [9.17, 15) is 19.2 Å². The van der Waals surface area contributed by atoms with E-state index in [1.807, 2.05) is 25.1 Å². The van der Waals surface area contributed by atoms with E-state index in [-0.39, 0.29) is 24.1 Å². The van der Waals surface area contributed by atoms with Crippen molar-refractivity contribution in [2.24, 2.45) is 11.5 Å². The summed E-state index contributed by atoms with van der Waals surface area (Å²) in [5.74, 6) is 0.291. The number of para-hydroxylation sites is 1. The molecule has 0 aliphatic rings. The Morgan fingerprint density at radius 1 is 0.826 bits per heavy atom. The SMILES string of the molecule is COc1cc(C(=O)N(C)c2ccc(C)cc2OCCCCCC(=O)N(C)C(N)=O)ccc1NC(=O)c1ccccc1OCCCN. The lowest BCUT2D eigenvalue weighted by Crippen LogP contribution is -2.37. The van der Waals surface area contributed by atoms with Crippen LogP contribution in [0.4, 0.5) is 16.2 Å². The van der Waals surface area contributed by atoms with Crippen molar-refractivity contribution in [2.75, 3.05) is 51.2 Å². The molecule has 0 atom stereocenters. The number of carbonyl (C=O) groups excluding carboxylic acids is 4. The van der Waals surface area contributed by atoms with E-state index < -0.39 is 6.03 Å². The molecule has 0 saturated heterocycles. The van der Waals surface area contributed by atoms with Gasteiger partial charge in [-0.1, -0.05) is 18.2 Å². The molecule has 0 radical (unpaired) electrons. The van der Waals surface area contributed by atoms with Gasteiger partial charge in [0.25, 0.3) is 11.8 Å². The zero-order chi connectivity index (χ0) is 33.6. The van der Waals surface area contributed by atoms with Gasteiger partial charge in [-0.05, 0) is 87.2 Å². The lowest BCUT2D eigenvalue weighted by atomic mass is 10.1. The van der Waals surface area contributed by atoms with E-state index >= 15 is 0 Å². The summed E-state index contributed by atoms with van der Waals surface area (Å²) in [4.78, 5) is 52.2. The van der Waals surface area contributed by atoms with Gasteiger partial charge in [-0.15, -0.1) is 0 Å². The Bertz CT molecular complexity index is 1530. The Morgan fingerprint density at radius 3 is 2.26 bits per heavy atom. The summed E-state index contributed by atoms with van der Waals surface area (Å²) < 4.78 is 17.3. The number of primary amides is 1. The van der Waals surface area contributed by atoms with Gasteiger partial charge in [-0.25, -0.2) is 4.79 Å². The van der Waals surface area contributed by atoms with Crippen LogP contribution in [0.15, 0.2) is 60.7 Å². The number of nitrogens with one attached hydrogen (secondary N) is 1. The molecule has 3 rings (SSSR count). The average Bonchev–Trinajstić information content (AvgIpc) is 3.05. The predicted octanol–water partition coefficient (Wildman–Crippen LogP) is 4.74. The van der Waals surface area contributed by atoms with Crippen molar-refractivity contribution in [1.29, 1.82) is 0 Å². The molecule has 0 aliphatic heterocycles. The molecule has 246 valence electrons. The third-order valence-electron chi connectivity index (χ3n) is 7.21. The van der Waals surface area contributed by atoms with Crippen molar-refractivity contribution >= 4 is 35.1 Å². The molecule has 0 saturated carbocycles. The van der Waals surface area contributed by atoms with Gasteiger partial charge in [-0.2, -0.15) is 0 Å². The van der Waals surface area contributed by atoms with E-state index in [1.54, 1.807) is 49.5 Å². The van der Waals surface area contributed by atoms with Crippen molar-refractivity contribution in [1.82, 2.24) is 4.90 Å². The van der Waals surface area contributed by atoms with Crippen LogP contribution in [0.5, 0.6) is 17.2 Å². The molecule has 5 N–H and O–H groups in total. The van der Waals surface area contributed by atoms with Gasteiger partial charge >= 0.3 is 6.03 Å². The molecule has 46 heavy (non-hydrogen) atoms. The van der Waals surface area contributed by atoms with Crippen molar-refractivity contribution in [3.63, 3.8) is 0 Å². The Hall–Kier alpha value is -5.10. The number of ether oxygens (including phenoxy) is 3. The smallest absolute Gasteiger partial charge is 0.321 e. The highest BCUT2D eigenvalue weighted by Crippen LogP contribution is 2.32. The second-order valence-electron chi connectivity index (χ2n) is 10.6. The third-order valence-corrected chi connectivity index (χ3v) is 7.21. The Balaban J connectivity index is 1.67. The number of benzene rings is 3. The Kier molecular flexibility index (Phi) is 13.4. The fourth-order valence-electron chi connectivity index (χ4n) is 4.51. The maximum Gasteiger partial charge on any atom is 0.321 e. The summed E-state index contributed by atoms with van der Waals surface area (Å²) >= 11 is 0. The molecular formula is C34H43N5O7. The number of carbonyl (C=O) groups is 4. The van der Waals surface area contributed by atoms with Crippen molar-refractivity contribution in [3.8, 4) is 17.2 Å². The fourth-order valence-corrected chi connectivity index (χ4v) is 4.51. The Morgan fingerprint density at radius 2 is 1.54 bits per heavy atom. The molecule has 0 fully saturated rings. The summed E-state index contributed by atoms with van der Waals surface area (Å²) in [7, 11) is 4.48. The van der Waals surface area contributed by atoms with Gasteiger partial charge in [0, 0.05) is 26.1 Å². The van der Waals surface area contributed by atoms with Crippen molar-refractivity contribution in [2.45, 2.75) is 39.0 Å². The van der Waals surface area contributed by atoms with Crippen LogP contribution in [-0.2, 0) is 4.79 Å². The number of urea groups is 1. The number of aryl methyl sites for hydroxylation is 1. The number of rotatable bonds is 16. The standard InChI is InChI=1S/C34H43N5O7/c1-23-14-17-27(30(21-23)46-19-9-5-6-13-31(40)39(3)34(36)43)38(2)33(42)24-15-16-26(29(22-24)44-4)37-32(41)25-11-7-8-12-28(25)45-20-10-18-35/h7-8,11-12,14-17,21-22H,5-6,9-10,13,18-20,35H2,1-4H3,(H2,36,43)(H,37,41). The van der Waals surface area contributed by atoms with E-state index in [0.29, 0.717) is 85.2 Å². The van der Waals surface area contributed by atoms with Crippen LogP contribution in [0, 0.1) is 6.92 Å². The van der Waals surface area contributed by atoms with Crippen LogP contribution in [0.25, 0.3) is 0 Å². The minimum absolute atomic E-state index is 0.218. The number of nitrogens with zero attached hydrogens (tertiary/aromatic N) is 2. The molecule has 0 aromatic heterocycles. The minimum atomic E-state index is -0.776. The van der Waals surface area contributed by atoms with Gasteiger partial charge in [-0.3, -0.25) is 19.3 Å². The maximum absolute atomic E-state index is 13.6. The highest BCUT2D eigenvalue weighted by Gasteiger charge is 2.21. The van der Waals surface area contributed by atoms with Crippen LogP contribution in [0.3, 0.4) is 0 Å². The van der Waals surface area contributed by atoms with Crippen LogP contribution >= 0.6 is 0 Å². The molecule has 0 unspecified atom stereocenters. The largest absolute Gasteiger partial charge is 0.495 e. The van der Waals surface area contributed by atoms with Crippen molar-refractivity contribution < 1.29 is 33.4 Å². The topological polar surface area (TPSA) is 167 Å². The summed E-state index contributed by atoms with van der Waals surface area (Å²) in [5.41, 5.74) is 13.3. The number of methoxy groups -OCH3 is 1. The molecule has 5 amide bonds. The molecule has 0 aliphatic carbocycles. The number of nitrogens with two attached hydrogens (primary N) is 2. The van der Waals surface area contributed by atoms with Gasteiger partial charge in [0.1, 0.15) is 17.2 Å². The second-order valence-corrected chi connectivity index (χ2v) is 10.6. The highest BCUT2D eigenvalue weighted by atomic mass is 16.5. The summed E-state index contributed by atoms with van der Waals surface area (Å²) in [6, 6.07) is 16.5.